The number of benzene rings is 2. The van der Waals surface area contributed by atoms with Crippen LogP contribution in [0.3, 0.4) is 0 Å². The monoisotopic (exact) mass is 399 g/mol. The van der Waals surface area contributed by atoms with Gasteiger partial charge < -0.3 is 29.7 Å². The van der Waals surface area contributed by atoms with Crippen LogP contribution < -0.4 is 14.8 Å². The molecule has 0 saturated carbocycles. The van der Waals surface area contributed by atoms with Gasteiger partial charge in [0.15, 0.2) is 11.5 Å². The molecule has 0 radical (unpaired) electrons. The Morgan fingerprint density at radius 1 is 0.966 bits per heavy atom. The summed E-state index contributed by atoms with van der Waals surface area (Å²) in [6.45, 7) is 2.14. The standard InChI is InChI=1S/C21H25N3O5/c1-28-18-7-6-15(12-19(18)29-2)14-22-21(27)24-10-8-23(9-11-24)20(26)16-4-3-5-17(25)13-16/h3-7,12-13,25H,8-11,14H2,1-2H3,(H,22,27). The molecule has 1 aliphatic rings. The number of phenols is 1. The first-order valence-electron chi connectivity index (χ1n) is 9.34. The summed E-state index contributed by atoms with van der Waals surface area (Å²) in [6, 6.07) is 11.6. The van der Waals surface area contributed by atoms with Gasteiger partial charge in [0.25, 0.3) is 5.91 Å². The molecule has 1 fully saturated rings. The van der Waals surface area contributed by atoms with Crippen LogP contribution in [0.4, 0.5) is 4.79 Å². The third-order valence-electron chi connectivity index (χ3n) is 4.84. The lowest BCUT2D eigenvalue weighted by Gasteiger charge is -2.34. The van der Waals surface area contributed by atoms with Crippen LogP contribution in [0, 0.1) is 0 Å². The van der Waals surface area contributed by atoms with Crippen molar-refractivity contribution >= 4 is 11.9 Å². The SMILES string of the molecule is COc1ccc(CNC(=O)N2CCN(C(=O)c3cccc(O)c3)CC2)cc1OC. The molecule has 2 aromatic carbocycles. The lowest BCUT2D eigenvalue weighted by atomic mass is 10.1. The van der Waals surface area contributed by atoms with E-state index >= 15 is 0 Å². The minimum absolute atomic E-state index is 0.0593. The molecule has 1 aliphatic heterocycles. The molecule has 0 spiro atoms. The summed E-state index contributed by atoms with van der Waals surface area (Å²) in [5.74, 6) is 1.16. The minimum Gasteiger partial charge on any atom is -0.508 e. The summed E-state index contributed by atoms with van der Waals surface area (Å²) in [5, 5.41) is 12.4. The number of urea groups is 1. The van der Waals surface area contributed by atoms with Crippen LogP contribution in [0.25, 0.3) is 0 Å². The lowest BCUT2D eigenvalue weighted by Crippen LogP contribution is -2.53. The highest BCUT2D eigenvalue weighted by Crippen LogP contribution is 2.27. The van der Waals surface area contributed by atoms with E-state index < -0.39 is 0 Å². The average molecular weight is 399 g/mol. The van der Waals surface area contributed by atoms with Gasteiger partial charge in [-0.3, -0.25) is 4.79 Å². The van der Waals surface area contributed by atoms with Crippen molar-refractivity contribution in [3.63, 3.8) is 0 Å². The molecule has 0 atom stereocenters. The Bertz CT molecular complexity index is 878. The number of carbonyl (C=O) groups is 2. The van der Waals surface area contributed by atoms with Crippen LogP contribution in [-0.2, 0) is 6.54 Å². The maximum absolute atomic E-state index is 12.5. The normalized spacial score (nSPS) is 13.7. The van der Waals surface area contributed by atoms with Crippen molar-refractivity contribution in [1.29, 1.82) is 0 Å². The molecule has 0 unspecified atom stereocenters. The third kappa shape index (κ3) is 4.90. The maximum Gasteiger partial charge on any atom is 0.317 e. The van der Waals surface area contributed by atoms with Gasteiger partial charge in [-0.15, -0.1) is 0 Å². The van der Waals surface area contributed by atoms with Gasteiger partial charge in [0.05, 0.1) is 14.2 Å². The molecule has 8 nitrogen and oxygen atoms in total. The fraction of sp³-hybridized carbons (Fsp3) is 0.333. The van der Waals surface area contributed by atoms with Crippen molar-refractivity contribution in [3.8, 4) is 17.2 Å². The van der Waals surface area contributed by atoms with Crippen molar-refractivity contribution < 1.29 is 24.2 Å². The van der Waals surface area contributed by atoms with Crippen LogP contribution in [0.2, 0.25) is 0 Å². The van der Waals surface area contributed by atoms with E-state index in [-0.39, 0.29) is 17.7 Å². The highest BCUT2D eigenvalue weighted by atomic mass is 16.5. The molecule has 0 aromatic heterocycles. The average Bonchev–Trinajstić information content (AvgIpc) is 2.76. The van der Waals surface area contributed by atoms with Gasteiger partial charge in [-0.1, -0.05) is 12.1 Å². The van der Waals surface area contributed by atoms with Crippen LogP contribution in [0.15, 0.2) is 42.5 Å². The zero-order valence-corrected chi connectivity index (χ0v) is 16.6. The fourth-order valence-electron chi connectivity index (χ4n) is 3.21. The number of aromatic hydroxyl groups is 1. The molecule has 2 aromatic rings. The zero-order chi connectivity index (χ0) is 20.8. The number of hydrogen-bond acceptors (Lipinski definition) is 5. The second-order valence-corrected chi connectivity index (χ2v) is 6.68. The van der Waals surface area contributed by atoms with Gasteiger partial charge in [0.1, 0.15) is 5.75 Å². The van der Waals surface area contributed by atoms with Crippen LogP contribution >= 0.6 is 0 Å². The second-order valence-electron chi connectivity index (χ2n) is 6.68. The third-order valence-corrected chi connectivity index (χ3v) is 4.84. The largest absolute Gasteiger partial charge is 0.508 e. The number of nitrogens with one attached hydrogen (secondary N) is 1. The molecular formula is C21H25N3O5. The second kappa shape index (κ2) is 9.18. The predicted molar refractivity (Wildman–Crippen MR) is 107 cm³/mol. The van der Waals surface area contributed by atoms with E-state index in [1.807, 2.05) is 12.1 Å². The van der Waals surface area contributed by atoms with Crippen LogP contribution in [0.1, 0.15) is 15.9 Å². The van der Waals surface area contributed by atoms with E-state index in [4.69, 9.17) is 9.47 Å². The summed E-state index contributed by atoms with van der Waals surface area (Å²) < 4.78 is 10.5. The number of hydrogen-bond donors (Lipinski definition) is 2. The molecule has 29 heavy (non-hydrogen) atoms. The van der Waals surface area contributed by atoms with E-state index in [1.165, 1.54) is 12.1 Å². The Balaban J connectivity index is 1.50. The van der Waals surface area contributed by atoms with Crippen molar-refractivity contribution in [2.24, 2.45) is 0 Å². The maximum atomic E-state index is 12.5. The molecule has 3 amide bonds. The van der Waals surface area contributed by atoms with E-state index in [0.29, 0.717) is 49.8 Å². The first-order chi connectivity index (χ1) is 14.0. The fourth-order valence-corrected chi connectivity index (χ4v) is 3.21. The molecular weight excluding hydrogens is 374 g/mol. The minimum atomic E-state index is -0.177. The Labute approximate surface area is 169 Å². The number of carbonyl (C=O) groups excluding carboxylic acids is 2. The number of ether oxygens (including phenoxy) is 2. The Morgan fingerprint density at radius 2 is 1.66 bits per heavy atom. The molecule has 154 valence electrons. The van der Waals surface area contributed by atoms with E-state index in [1.54, 1.807) is 42.2 Å². The summed E-state index contributed by atoms with van der Waals surface area (Å²) in [6.07, 6.45) is 0. The van der Waals surface area contributed by atoms with E-state index in [9.17, 15) is 14.7 Å². The zero-order valence-electron chi connectivity index (χ0n) is 16.6. The molecule has 3 rings (SSSR count). The number of rotatable bonds is 5. The molecule has 1 heterocycles. The summed E-state index contributed by atoms with van der Waals surface area (Å²) in [5.41, 5.74) is 1.34. The van der Waals surface area contributed by atoms with Crippen LogP contribution in [-0.4, -0.2) is 67.2 Å². The van der Waals surface area contributed by atoms with Gasteiger partial charge in [-0.05, 0) is 35.9 Å². The highest BCUT2D eigenvalue weighted by molar-refractivity contribution is 5.94. The van der Waals surface area contributed by atoms with Gasteiger partial charge in [-0.2, -0.15) is 0 Å². The van der Waals surface area contributed by atoms with Crippen molar-refractivity contribution in [2.45, 2.75) is 6.54 Å². The summed E-state index contributed by atoms with van der Waals surface area (Å²) in [4.78, 5) is 28.4. The quantitative estimate of drug-likeness (QED) is 0.803. The number of nitrogens with zero attached hydrogens (tertiary/aromatic N) is 2. The predicted octanol–water partition coefficient (Wildman–Crippen LogP) is 2.08. The molecule has 2 N–H and O–H groups in total. The first kappa shape index (κ1) is 20.3. The van der Waals surface area contributed by atoms with E-state index in [0.717, 1.165) is 5.56 Å². The number of piperazine rings is 1. The Hall–Kier alpha value is -3.42. The van der Waals surface area contributed by atoms with Crippen molar-refractivity contribution in [3.05, 3.63) is 53.6 Å². The number of methoxy groups -OCH3 is 2. The molecule has 8 heteroatoms. The van der Waals surface area contributed by atoms with Gasteiger partial charge in [-0.25, -0.2) is 4.79 Å². The van der Waals surface area contributed by atoms with Crippen molar-refractivity contribution in [1.82, 2.24) is 15.1 Å². The van der Waals surface area contributed by atoms with Gasteiger partial charge in [0, 0.05) is 38.3 Å². The molecule has 1 saturated heterocycles. The van der Waals surface area contributed by atoms with E-state index in [2.05, 4.69) is 5.32 Å². The van der Waals surface area contributed by atoms with Gasteiger partial charge >= 0.3 is 6.03 Å². The summed E-state index contributed by atoms with van der Waals surface area (Å²) >= 11 is 0. The van der Waals surface area contributed by atoms with Crippen molar-refractivity contribution in [2.75, 3.05) is 40.4 Å². The number of amides is 3. The Morgan fingerprint density at radius 3 is 2.31 bits per heavy atom. The van der Waals surface area contributed by atoms with Gasteiger partial charge in [0.2, 0.25) is 0 Å². The lowest BCUT2D eigenvalue weighted by molar-refractivity contribution is 0.0664. The van der Waals surface area contributed by atoms with Crippen LogP contribution in [0.5, 0.6) is 17.2 Å². The highest BCUT2D eigenvalue weighted by Gasteiger charge is 2.25. The molecule has 0 aliphatic carbocycles. The Kier molecular flexibility index (Phi) is 6.43. The smallest absolute Gasteiger partial charge is 0.317 e. The first-order valence-corrected chi connectivity index (χ1v) is 9.34. The topological polar surface area (TPSA) is 91.3 Å². The molecule has 0 bridgehead atoms. The number of phenolic OH excluding ortho intramolecular Hbond substituents is 1. The summed E-state index contributed by atoms with van der Waals surface area (Å²) in [7, 11) is 3.14.